The largest absolute Gasteiger partial charge is 0.507 e. The van der Waals surface area contributed by atoms with Crippen molar-refractivity contribution < 1.29 is 34.8 Å². The van der Waals surface area contributed by atoms with Gasteiger partial charge in [-0.15, -0.1) is 0 Å². The van der Waals surface area contributed by atoms with Crippen LogP contribution in [0.1, 0.15) is 110 Å². The van der Waals surface area contributed by atoms with Crippen molar-refractivity contribution in [3.05, 3.63) is 71.8 Å². The molecule has 2 saturated carbocycles. The second-order valence-electron chi connectivity index (χ2n) is 10.2. The van der Waals surface area contributed by atoms with E-state index in [9.17, 15) is 19.8 Å². The first-order valence-corrected chi connectivity index (χ1v) is 13.6. The summed E-state index contributed by atoms with van der Waals surface area (Å²) in [5.74, 6) is -1.85. The molecular formula is C32H42O7. The Balaban J connectivity index is 0.000000227. The highest BCUT2D eigenvalue weighted by Gasteiger charge is 2.36. The molecule has 4 N–H and O–H groups in total. The minimum absolute atomic E-state index is 0.0418. The van der Waals surface area contributed by atoms with E-state index >= 15 is 0 Å². The van der Waals surface area contributed by atoms with E-state index in [2.05, 4.69) is 20.1 Å². The van der Waals surface area contributed by atoms with Gasteiger partial charge in [0.25, 0.3) is 0 Å². The fraction of sp³-hybridized carbons (Fsp3) is 0.438. The van der Waals surface area contributed by atoms with Crippen LogP contribution < -0.4 is 0 Å². The number of hydrogen-bond donors (Lipinski definition) is 4. The number of aliphatic hydroxyl groups is 1. The maximum Gasteiger partial charge on any atom is 0.342 e. The highest BCUT2D eigenvalue weighted by atomic mass is 16.6. The van der Waals surface area contributed by atoms with E-state index < -0.39 is 11.9 Å². The van der Waals surface area contributed by atoms with Crippen LogP contribution in [0.4, 0.5) is 0 Å². The quantitative estimate of drug-likeness (QED) is 0.272. The molecule has 0 aliphatic heterocycles. The van der Waals surface area contributed by atoms with E-state index in [-0.39, 0.29) is 33.8 Å². The normalized spacial score (nSPS) is 16.6. The Labute approximate surface area is 231 Å². The summed E-state index contributed by atoms with van der Waals surface area (Å²) in [6, 6.07) is 9.12. The van der Waals surface area contributed by atoms with Crippen LogP contribution in [0.15, 0.2) is 49.6 Å². The zero-order chi connectivity index (χ0) is 29.1. The van der Waals surface area contributed by atoms with Crippen molar-refractivity contribution in [2.24, 2.45) is 0 Å². The Kier molecular flexibility index (Phi) is 11.8. The van der Waals surface area contributed by atoms with Crippen molar-refractivity contribution in [2.45, 2.75) is 89.3 Å². The summed E-state index contributed by atoms with van der Waals surface area (Å²) >= 11 is 0. The first-order valence-electron chi connectivity index (χ1n) is 13.6. The number of rotatable bonds is 7. The molecule has 0 saturated heterocycles. The van der Waals surface area contributed by atoms with Crippen LogP contribution in [-0.2, 0) is 4.74 Å². The van der Waals surface area contributed by atoms with Gasteiger partial charge in [-0.2, -0.15) is 0 Å². The number of phenolic OH excluding ortho intramolecular Hbond substituents is 1. The maximum atomic E-state index is 12.2. The molecule has 0 bridgehead atoms. The van der Waals surface area contributed by atoms with E-state index in [1.165, 1.54) is 37.1 Å². The highest BCUT2D eigenvalue weighted by Crippen LogP contribution is 2.37. The second kappa shape index (κ2) is 14.5. The van der Waals surface area contributed by atoms with Gasteiger partial charge in [0.1, 0.15) is 28.2 Å². The molecule has 0 aromatic heterocycles. The number of hydrogen-bond acceptors (Lipinski definition) is 6. The Morgan fingerprint density at radius 2 is 1.28 bits per heavy atom. The standard InChI is InChI=1S/C16H20O3.C9H8O3.C7H14O/c1-3-12-7-8-14(17)13(11-12)15(18)19-16(4-2)9-5-6-10-16;1-2-6-3-4-8(10)7(5-6)9(11)12;1-2-7(8)5-3-4-6-7/h3,7-8,11,17H,1,4-6,9-10H2,2H3;2-5,10H,1H2,(H,11,12);8H,2-6H2,1H3. The fourth-order valence-corrected chi connectivity index (χ4v) is 4.88. The van der Waals surface area contributed by atoms with Crippen molar-refractivity contribution >= 4 is 24.1 Å². The number of phenols is 2. The van der Waals surface area contributed by atoms with Crippen LogP contribution in [0.2, 0.25) is 0 Å². The minimum atomic E-state index is -1.14. The van der Waals surface area contributed by atoms with Gasteiger partial charge in [-0.1, -0.05) is 64.1 Å². The predicted octanol–water partition coefficient (Wildman–Crippen LogP) is 7.35. The van der Waals surface area contributed by atoms with Crippen molar-refractivity contribution in [3.8, 4) is 11.5 Å². The number of esters is 1. The molecule has 39 heavy (non-hydrogen) atoms. The number of carboxylic acids is 1. The van der Waals surface area contributed by atoms with E-state index in [1.807, 2.05) is 6.92 Å². The summed E-state index contributed by atoms with van der Waals surface area (Å²) in [5.41, 5.74) is 0.977. The molecule has 2 aliphatic carbocycles. The average molecular weight is 539 g/mol. The first kappa shape index (κ1) is 31.6. The summed E-state index contributed by atoms with van der Waals surface area (Å²) in [6.07, 6.45) is 13.5. The molecule has 2 aromatic rings. The molecule has 0 spiro atoms. The van der Waals surface area contributed by atoms with Crippen molar-refractivity contribution in [2.75, 3.05) is 0 Å². The lowest BCUT2D eigenvalue weighted by molar-refractivity contribution is -0.0174. The Morgan fingerprint density at radius 1 is 0.821 bits per heavy atom. The van der Waals surface area contributed by atoms with Crippen LogP contribution in [0, 0.1) is 0 Å². The van der Waals surface area contributed by atoms with Gasteiger partial charge in [0.2, 0.25) is 0 Å². The molecule has 7 nitrogen and oxygen atoms in total. The molecule has 2 fully saturated rings. The molecule has 0 heterocycles. The lowest BCUT2D eigenvalue weighted by Gasteiger charge is -2.27. The maximum absolute atomic E-state index is 12.2. The summed E-state index contributed by atoms with van der Waals surface area (Å²) < 4.78 is 5.68. The number of carbonyl (C=O) groups is 2. The van der Waals surface area contributed by atoms with E-state index in [0.717, 1.165) is 56.9 Å². The molecule has 212 valence electrons. The number of carboxylic acid groups (broad SMARTS) is 1. The summed E-state index contributed by atoms with van der Waals surface area (Å²) in [7, 11) is 0. The Hall–Kier alpha value is -3.58. The molecule has 0 unspecified atom stereocenters. The van der Waals surface area contributed by atoms with E-state index in [0.29, 0.717) is 5.56 Å². The Morgan fingerprint density at radius 3 is 1.69 bits per heavy atom. The van der Waals surface area contributed by atoms with Crippen LogP contribution in [0.25, 0.3) is 12.2 Å². The average Bonchev–Trinajstić information content (AvgIpc) is 3.60. The second-order valence-corrected chi connectivity index (χ2v) is 10.2. The first-order chi connectivity index (χ1) is 18.5. The molecule has 2 aromatic carbocycles. The van der Waals surface area contributed by atoms with Gasteiger partial charge in [-0.25, -0.2) is 9.59 Å². The third-order valence-electron chi connectivity index (χ3n) is 7.62. The smallest absolute Gasteiger partial charge is 0.342 e. The van der Waals surface area contributed by atoms with E-state index in [1.54, 1.807) is 24.3 Å². The molecule has 0 radical (unpaired) electrons. The lowest BCUT2D eigenvalue weighted by Crippen LogP contribution is -2.31. The van der Waals surface area contributed by atoms with Gasteiger partial charge >= 0.3 is 11.9 Å². The zero-order valence-corrected chi connectivity index (χ0v) is 23.1. The van der Waals surface area contributed by atoms with Gasteiger partial charge in [0.05, 0.1) is 5.60 Å². The van der Waals surface area contributed by atoms with E-state index in [4.69, 9.17) is 14.9 Å². The predicted molar refractivity (Wildman–Crippen MR) is 154 cm³/mol. The van der Waals surface area contributed by atoms with Gasteiger partial charge in [0, 0.05) is 0 Å². The number of benzene rings is 2. The van der Waals surface area contributed by atoms with Crippen molar-refractivity contribution in [1.29, 1.82) is 0 Å². The molecule has 2 aliphatic rings. The van der Waals surface area contributed by atoms with Gasteiger partial charge < -0.3 is 25.2 Å². The highest BCUT2D eigenvalue weighted by molar-refractivity contribution is 5.93. The number of carbonyl (C=O) groups excluding carboxylic acids is 1. The topological polar surface area (TPSA) is 124 Å². The van der Waals surface area contributed by atoms with Crippen LogP contribution >= 0.6 is 0 Å². The van der Waals surface area contributed by atoms with Crippen LogP contribution in [0.3, 0.4) is 0 Å². The Bertz CT molecular complexity index is 1140. The van der Waals surface area contributed by atoms with Crippen LogP contribution in [-0.4, -0.2) is 43.6 Å². The lowest BCUT2D eigenvalue weighted by atomic mass is 9.98. The van der Waals surface area contributed by atoms with Gasteiger partial charge in [-0.3, -0.25) is 0 Å². The van der Waals surface area contributed by atoms with Crippen molar-refractivity contribution in [3.63, 3.8) is 0 Å². The number of aromatic carboxylic acids is 1. The monoisotopic (exact) mass is 538 g/mol. The van der Waals surface area contributed by atoms with Crippen LogP contribution in [0.5, 0.6) is 11.5 Å². The van der Waals surface area contributed by atoms with Gasteiger partial charge in [-0.05, 0) is 86.8 Å². The molecule has 0 amide bonds. The fourth-order valence-electron chi connectivity index (χ4n) is 4.88. The molecule has 4 rings (SSSR count). The van der Waals surface area contributed by atoms with Gasteiger partial charge in [0.15, 0.2) is 0 Å². The summed E-state index contributed by atoms with van der Waals surface area (Å²) in [6.45, 7) is 11.2. The number of aromatic hydroxyl groups is 2. The number of ether oxygens (including phenoxy) is 1. The molecule has 0 atom stereocenters. The minimum Gasteiger partial charge on any atom is -0.507 e. The summed E-state index contributed by atoms with van der Waals surface area (Å²) in [5, 5.41) is 37.0. The molecule has 7 heteroatoms. The van der Waals surface area contributed by atoms with Crippen molar-refractivity contribution in [1.82, 2.24) is 0 Å². The zero-order valence-electron chi connectivity index (χ0n) is 23.1. The molecular weight excluding hydrogens is 496 g/mol. The third-order valence-corrected chi connectivity index (χ3v) is 7.62. The SMILES string of the molecule is C=Cc1ccc(O)c(C(=O)O)c1.C=Cc1ccc(O)c(C(=O)OC2(CC)CCCC2)c1.CCC1(O)CCCC1. The summed E-state index contributed by atoms with van der Waals surface area (Å²) in [4.78, 5) is 22.7. The third kappa shape index (κ3) is 8.99.